The quantitative estimate of drug-likeness (QED) is 0.567. The minimum absolute atomic E-state index is 0.0205. The van der Waals surface area contributed by atoms with Gasteiger partial charge in [0.25, 0.3) is 0 Å². The second-order valence-corrected chi connectivity index (χ2v) is 5.11. The number of hydrogen-bond donors (Lipinski definition) is 2. The molecule has 0 spiro atoms. The third-order valence-electron chi connectivity index (χ3n) is 3.34. The predicted molar refractivity (Wildman–Crippen MR) is 80.2 cm³/mol. The molecule has 0 saturated heterocycles. The number of hydrogen-bond acceptors (Lipinski definition) is 5. The Morgan fingerprint density at radius 2 is 1.65 bits per heavy atom. The van der Waals surface area contributed by atoms with Crippen LogP contribution < -0.4 is 25.5 Å². The second kappa shape index (κ2) is 7.97. The van der Waals surface area contributed by atoms with Gasteiger partial charge in [-0.3, -0.25) is 11.3 Å². The summed E-state index contributed by atoms with van der Waals surface area (Å²) in [5.41, 5.74) is 3.84. The van der Waals surface area contributed by atoms with Crippen molar-refractivity contribution < 1.29 is 14.2 Å². The van der Waals surface area contributed by atoms with Crippen molar-refractivity contribution in [1.82, 2.24) is 5.43 Å². The zero-order chi connectivity index (χ0) is 15.1. The van der Waals surface area contributed by atoms with Gasteiger partial charge >= 0.3 is 0 Å². The van der Waals surface area contributed by atoms with Crippen LogP contribution in [0.5, 0.6) is 17.2 Å². The van der Waals surface area contributed by atoms with E-state index in [1.807, 2.05) is 12.1 Å². The standard InChI is InChI=1S/C15H26N2O3/c1-10(2)6-8-12(17-16)11-7-9-13(18-3)15(20-5)14(11)19-4/h7,9-10,12,17H,6,8,16H2,1-5H3. The maximum atomic E-state index is 5.70. The molecular weight excluding hydrogens is 256 g/mol. The van der Waals surface area contributed by atoms with Gasteiger partial charge in [-0.15, -0.1) is 0 Å². The molecule has 1 rings (SSSR count). The van der Waals surface area contributed by atoms with Crippen LogP contribution in [0, 0.1) is 5.92 Å². The molecule has 0 fully saturated rings. The van der Waals surface area contributed by atoms with Crippen LogP contribution in [0.15, 0.2) is 12.1 Å². The lowest BCUT2D eigenvalue weighted by Crippen LogP contribution is -2.28. The van der Waals surface area contributed by atoms with Gasteiger partial charge in [0.2, 0.25) is 5.75 Å². The molecule has 3 N–H and O–H groups in total. The molecule has 1 aromatic carbocycles. The molecule has 0 heterocycles. The van der Waals surface area contributed by atoms with Crippen LogP contribution in [-0.4, -0.2) is 21.3 Å². The number of methoxy groups -OCH3 is 3. The maximum absolute atomic E-state index is 5.70. The Labute approximate surface area is 121 Å². The zero-order valence-electron chi connectivity index (χ0n) is 13.0. The van der Waals surface area contributed by atoms with Gasteiger partial charge in [-0.2, -0.15) is 0 Å². The zero-order valence-corrected chi connectivity index (χ0v) is 13.0. The maximum Gasteiger partial charge on any atom is 0.203 e. The average molecular weight is 282 g/mol. The van der Waals surface area contributed by atoms with E-state index in [0.29, 0.717) is 23.2 Å². The van der Waals surface area contributed by atoms with Gasteiger partial charge in [0.15, 0.2) is 11.5 Å². The summed E-state index contributed by atoms with van der Waals surface area (Å²) in [6.45, 7) is 4.39. The van der Waals surface area contributed by atoms with Gasteiger partial charge in [0.05, 0.1) is 21.3 Å². The third kappa shape index (κ3) is 3.77. The molecule has 1 atom stereocenters. The van der Waals surface area contributed by atoms with Crippen molar-refractivity contribution in [1.29, 1.82) is 0 Å². The van der Waals surface area contributed by atoms with Crippen LogP contribution in [0.25, 0.3) is 0 Å². The molecule has 5 heteroatoms. The number of benzene rings is 1. The number of ether oxygens (including phenoxy) is 3. The van der Waals surface area contributed by atoms with Gasteiger partial charge in [0, 0.05) is 11.6 Å². The van der Waals surface area contributed by atoms with Crippen molar-refractivity contribution in [3.63, 3.8) is 0 Å². The van der Waals surface area contributed by atoms with Crippen molar-refractivity contribution >= 4 is 0 Å². The van der Waals surface area contributed by atoms with Crippen molar-refractivity contribution in [3.05, 3.63) is 17.7 Å². The summed E-state index contributed by atoms with van der Waals surface area (Å²) in [5.74, 6) is 8.23. The predicted octanol–water partition coefficient (Wildman–Crippen LogP) is 2.65. The lowest BCUT2D eigenvalue weighted by Gasteiger charge is -2.22. The summed E-state index contributed by atoms with van der Waals surface area (Å²) < 4.78 is 16.2. The van der Waals surface area contributed by atoms with Crippen molar-refractivity contribution in [2.45, 2.75) is 32.7 Å². The van der Waals surface area contributed by atoms with Crippen molar-refractivity contribution in [3.8, 4) is 17.2 Å². The Morgan fingerprint density at radius 3 is 2.10 bits per heavy atom. The van der Waals surface area contributed by atoms with E-state index in [0.717, 1.165) is 18.4 Å². The Hall–Kier alpha value is -1.46. The van der Waals surface area contributed by atoms with Gasteiger partial charge in [-0.25, -0.2) is 0 Å². The van der Waals surface area contributed by atoms with Gasteiger partial charge in [-0.05, 0) is 30.9 Å². The average Bonchev–Trinajstić information content (AvgIpc) is 2.46. The fourth-order valence-electron chi connectivity index (χ4n) is 2.23. The first-order valence-corrected chi connectivity index (χ1v) is 6.84. The first-order chi connectivity index (χ1) is 9.58. The fourth-order valence-corrected chi connectivity index (χ4v) is 2.23. The Balaban J connectivity index is 3.14. The molecule has 0 aliphatic carbocycles. The van der Waals surface area contributed by atoms with Crippen molar-refractivity contribution in [2.24, 2.45) is 11.8 Å². The molecule has 0 aromatic heterocycles. The molecule has 20 heavy (non-hydrogen) atoms. The molecule has 0 saturated carbocycles. The Bertz CT molecular complexity index is 422. The number of nitrogens with one attached hydrogen (secondary N) is 1. The van der Waals surface area contributed by atoms with E-state index >= 15 is 0 Å². The fraction of sp³-hybridized carbons (Fsp3) is 0.600. The van der Waals surface area contributed by atoms with E-state index in [4.69, 9.17) is 20.1 Å². The van der Waals surface area contributed by atoms with Crippen LogP contribution in [-0.2, 0) is 0 Å². The van der Waals surface area contributed by atoms with Crippen molar-refractivity contribution in [2.75, 3.05) is 21.3 Å². The minimum Gasteiger partial charge on any atom is -0.493 e. The summed E-state index contributed by atoms with van der Waals surface area (Å²) in [6.07, 6.45) is 2.01. The van der Waals surface area contributed by atoms with E-state index < -0.39 is 0 Å². The molecule has 0 aliphatic rings. The summed E-state index contributed by atoms with van der Waals surface area (Å²) in [5, 5.41) is 0. The van der Waals surface area contributed by atoms with E-state index in [1.165, 1.54) is 0 Å². The summed E-state index contributed by atoms with van der Waals surface area (Å²) in [7, 11) is 4.83. The SMILES string of the molecule is COc1ccc(C(CCC(C)C)NN)c(OC)c1OC. The number of hydrazine groups is 1. The smallest absolute Gasteiger partial charge is 0.203 e. The molecule has 0 bridgehead atoms. The topological polar surface area (TPSA) is 65.7 Å². The van der Waals surface area contributed by atoms with E-state index in [9.17, 15) is 0 Å². The van der Waals surface area contributed by atoms with Gasteiger partial charge in [-0.1, -0.05) is 13.8 Å². The molecule has 114 valence electrons. The lowest BCUT2D eigenvalue weighted by atomic mass is 9.97. The van der Waals surface area contributed by atoms with Crippen LogP contribution in [0.4, 0.5) is 0 Å². The highest BCUT2D eigenvalue weighted by Crippen LogP contribution is 2.42. The molecule has 0 radical (unpaired) electrons. The normalized spacial score (nSPS) is 12.3. The first kappa shape index (κ1) is 16.6. The molecule has 1 aromatic rings. The van der Waals surface area contributed by atoms with E-state index in [-0.39, 0.29) is 6.04 Å². The van der Waals surface area contributed by atoms with Crippen LogP contribution in [0.3, 0.4) is 0 Å². The van der Waals surface area contributed by atoms with Crippen LogP contribution in [0.1, 0.15) is 38.3 Å². The Morgan fingerprint density at radius 1 is 1.00 bits per heavy atom. The monoisotopic (exact) mass is 282 g/mol. The molecule has 0 aliphatic heterocycles. The molecular formula is C15H26N2O3. The van der Waals surface area contributed by atoms with Crippen LogP contribution >= 0.6 is 0 Å². The lowest BCUT2D eigenvalue weighted by molar-refractivity contribution is 0.317. The number of nitrogens with two attached hydrogens (primary N) is 1. The van der Waals surface area contributed by atoms with E-state index in [2.05, 4.69) is 19.3 Å². The van der Waals surface area contributed by atoms with E-state index in [1.54, 1.807) is 21.3 Å². The second-order valence-electron chi connectivity index (χ2n) is 5.11. The highest BCUT2D eigenvalue weighted by molar-refractivity contribution is 5.56. The highest BCUT2D eigenvalue weighted by atomic mass is 16.5. The number of rotatable bonds is 8. The third-order valence-corrected chi connectivity index (χ3v) is 3.34. The van der Waals surface area contributed by atoms with Gasteiger partial charge in [0.1, 0.15) is 0 Å². The summed E-state index contributed by atoms with van der Waals surface area (Å²) >= 11 is 0. The summed E-state index contributed by atoms with van der Waals surface area (Å²) in [6, 6.07) is 3.86. The Kier molecular flexibility index (Phi) is 6.61. The first-order valence-electron chi connectivity index (χ1n) is 6.84. The van der Waals surface area contributed by atoms with Gasteiger partial charge < -0.3 is 14.2 Å². The highest BCUT2D eigenvalue weighted by Gasteiger charge is 2.21. The molecule has 1 unspecified atom stereocenters. The summed E-state index contributed by atoms with van der Waals surface area (Å²) in [4.78, 5) is 0. The van der Waals surface area contributed by atoms with Crippen LogP contribution in [0.2, 0.25) is 0 Å². The minimum atomic E-state index is 0.0205. The largest absolute Gasteiger partial charge is 0.493 e. The molecule has 5 nitrogen and oxygen atoms in total. The molecule has 0 amide bonds.